The minimum absolute atomic E-state index is 0.0719. The Labute approximate surface area is 369 Å². The quantitative estimate of drug-likeness (QED) is 0.0657. The van der Waals surface area contributed by atoms with E-state index in [0.29, 0.717) is 44.0 Å². The van der Waals surface area contributed by atoms with Crippen molar-refractivity contribution in [3.8, 4) is 11.3 Å². The van der Waals surface area contributed by atoms with Crippen LogP contribution in [-0.2, 0) is 23.8 Å². The Morgan fingerprint density at radius 3 is 1.70 bits per heavy atom. The van der Waals surface area contributed by atoms with Crippen LogP contribution in [0, 0.1) is 25.5 Å². The lowest BCUT2D eigenvalue weighted by molar-refractivity contribution is -0.149. The van der Waals surface area contributed by atoms with Gasteiger partial charge in [-0.2, -0.15) is 10.2 Å². The number of halogens is 3. The van der Waals surface area contributed by atoms with Gasteiger partial charge >= 0.3 is 31.0 Å². The summed E-state index contributed by atoms with van der Waals surface area (Å²) in [6, 6.07) is 14.9. The van der Waals surface area contributed by atoms with Crippen molar-refractivity contribution < 1.29 is 57.3 Å². The van der Waals surface area contributed by atoms with Gasteiger partial charge in [0.25, 0.3) is 0 Å². The third kappa shape index (κ3) is 14.2. The molecule has 2 aromatic carbocycles. The summed E-state index contributed by atoms with van der Waals surface area (Å²) in [5, 5.41) is 35.4. The van der Waals surface area contributed by atoms with E-state index in [-0.39, 0.29) is 28.4 Å². The molecule has 0 radical (unpaired) electrons. The Morgan fingerprint density at radius 2 is 1.21 bits per heavy atom. The van der Waals surface area contributed by atoms with E-state index in [9.17, 15) is 28.0 Å². The summed E-state index contributed by atoms with van der Waals surface area (Å²) < 4.78 is 45.9. The zero-order chi connectivity index (χ0) is 47.0. The normalized spacial score (nSPS) is 11.5. The fourth-order valence-corrected chi connectivity index (χ4v) is 5.55. The second-order valence-electron chi connectivity index (χ2n) is 15.5. The van der Waals surface area contributed by atoms with Crippen molar-refractivity contribution in [2.24, 2.45) is 0 Å². The molecule has 3 N–H and O–H groups in total. The van der Waals surface area contributed by atoms with Gasteiger partial charge in [0.15, 0.2) is 22.7 Å². The SMILES string of the molecule is CC(C)(C)OC(=O)/C=C/c1ccc(Br)c(F)c1.COC(=O)c1cc(C)n2nc(B(O)O)cc2n1.Cc1cc(C(=O)O)nc2cc(-c3ccc(/C=C/C(=O)OC(C)(C)C)cc3F)nn12. The Bertz CT molecular complexity index is 2740. The number of rotatable bonds is 8. The second kappa shape index (κ2) is 20.5. The molecule has 0 bridgehead atoms. The lowest BCUT2D eigenvalue weighted by atomic mass is 9.87. The third-order valence-corrected chi connectivity index (χ3v) is 8.60. The van der Waals surface area contributed by atoms with E-state index in [4.69, 9.17) is 24.6 Å². The molecule has 0 unspecified atom stereocenters. The molecule has 63 heavy (non-hydrogen) atoms. The number of aryl methyl sites for hydroxylation is 2. The topological polar surface area (TPSA) is 217 Å². The summed E-state index contributed by atoms with van der Waals surface area (Å²) in [5.41, 5.74) is 2.52. The maximum absolute atomic E-state index is 14.7. The van der Waals surface area contributed by atoms with Gasteiger partial charge in [0.05, 0.1) is 22.9 Å². The van der Waals surface area contributed by atoms with Crippen molar-refractivity contribution in [3.05, 3.63) is 123 Å². The third-order valence-electron chi connectivity index (χ3n) is 7.96. The summed E-state index contributed by atoms with van der Waals surface area (Å²) in [5.74, 6) is -3.56. The van der Waals surface area contributed by atoms with Crippen molar-refractivity contribution in [1.82, 2.24) is 29.2 Å². The number of ether oxygens (including phenoxy) is 3. The largest absolute Gasteiger partial charge is 0.510 e. The number of aromatic nitrogens is 6. The molecular weight excluding hydrogens is 889 g/mol. The Morgan fingerprint density at radius 1 is 0.714 bits per heavy atom. The zero-order valence-electron chi connectivity index (χ0n) is 35.7. The molecule has 0 spiro atoms. The average molecular weight is 934 g/mol. The van der Waals surface area contributed by atoms with E-state index >= 15 is 0 Å². The van der Waals surface area contributed by atoms with Crippen LogP contribution in [0.5, 0.6) is 0 Å². The molecule has 6 rings (SSSR count). The number of methoxy groups -OCH3 is 1. The first-order valence-electron chi connectivity index (χ1n) is 18.8. The van der Waals surface area contributed by atoms with Gasteiger partial charge in [0, 0.05) is 41.2 Å². The molecule has 0 fully saturated rings. The van der Waals surface area contributed by atoms with Gasteiger partial charge in [0.2, 0.25) is 0 Å². The molecule has 16 nitrogen and oxygen atoms in total. The molecule has 0 aliphatic rings. The number of carbonyl (C=O) groups is 4. The molecule has 0 aliphatic heterocycles. The van der Waals surface area contributed by atoms with Gasteiger partial charge in [0.1, 0.15) is 22.8 Å². The first kappa shape index (κ1) is 49.0. The maximum atomic E-state index is 14.7. The van der Waals surface area contributed by atoms with Crippen LogP contribution in [0.4, 0.5) is 8.78 Å². The first-order valence-corrected chi connectivity index (χ1v) is 19.6. The van der Waals surface area contributed by atoms with Crippen molar-refractivity contribution in [3.63, 3.8) is 0 Å². The summed E-state index contributed by atoms with van der Waals surface area (Å²) in [6.07, 6.45) is 5.51. The summed E-state index contributed by atoms with van der Waals surface area (Å²) in [7, 11) is -0.402. The van der Waals surface area contributed by atoms with E-state index in [1.807, 2.05) is 0 Å². The number of benzene rings is 2. The Kier molecular flexibility index (Phi) is 15.9. The standard InChI is InChI=1S/C21H20FN3O4.C13H14BrFO2.C9H10BN3O4/c1-12-9-17(20(27)28)23-18-11-16(24-25(12)18)14-7-5-13(10-15(14)22)6-8-19(26)29-21(2,3)4;1-13(2,3)17-12(16)7-5-9-4-6-10(14)11(15)8-9;1-5-3-6(9(14)17-2)11-8-4-7(10(15)16)12-13(5)8/h5-11H,1-4H3,(H,27,28);4-8H,1-3H3;3-4,15-16H,1-2H3/b8-6+;7-5+;. The molecule has 6 aromatic rings. The maximum Gasteiger partial charge on any atom is 0.510 e. The highest BCUT2D eigenvalue weighted by molar-refractivity contribution is 9.10. The number of fused-ring (bicyclic) bond motifs is 2. The lowest BCUT2D eigenvalue weighted by Crippen LogP contribution is -2.31. The van der Waals surface area contributed by atoms with Gasteiger partial charge in [-0.15, -0.1) is 0 Å². The van der Waals surface area contributed by atoms with Crippen LogP contribution < -0.4 is 5.59 Å². The molecule has 0 saturated heterocycles. The smallest absolute Gasteiger partial charge is 0.477 e. The minimum atomic E-state index is -1.67. The number of carbonyl (C=O) groups excluding carboxylic acids is 3. The average Bonchev–Trinajstić information content (AvgIpc) is 3.82. The predicted molar refractivity (Wildman–Crippen MR) is 233 cm³/mol. The number of carboxylic acids is 1. The number of aromatic carboxylic acids is 1. The van der Waals surface area contributed by atoms with Gasteiger partial charge in [-0.25, -0.2) is 47.0 Å². The van der Waals surface area contributed by atoms with Gasteiger partial charge in [-0.05, 0) is 131 Å². The van der Waals surface area contributed by atoms with Crippen LogP contribution >= 0.6 is 15.9 Å². The summed E-state index contributed by atoms with van der Waals surface area (Å²) in [4.78, 5) is 53.7. The van der Waals surface area contributed by atoms with Gasteiger partial charge in [-0.1, -0.05) is 12.1 Å². The number of carboxylic acid groups (broad SMARTS) is 1. The highest BCUT2D eigenvalue weighted by atomic mass is 79.9. The fourth-order valence-electron chi connectivity index (χ4n) is 5.30. The van der Waals surface area contributed by atoms with Gasteiger partial charge in [-0.3, -0.25) is 0 Å². The highest BCUT2D eigenvalue weighted by Gasteiger charge is 2.20. The monoisotopic (exact) mass is 932 g/mol. The van der Waals surface area contributed by atoms with Crippen LogP contribution in [0.2, 0.25) is 0 Å². The minimum Gasteiger partial charge on any atom is -0.477 e. The summed E-state index contributed by atoms with van der Waals surface area (Å²) >= 11 is 3.06. The van der Waals surface area contributed by atoms with Crippen LogP contribution in [-0.4, -0.2) is 93.7 Å². The van der Waals surface area contributed by atoms with E-state index < -0.39 is 48.0 Å². The molecule has 0 atom stereocenters. The summed E-state index contributed by atoms with van der Waals surface area (Å²) in [6.45, 7) is 14.1. The number of nitrogens with zero attached hydrogens (tertiary/aromatic N) is 6. The van der Waals surface area contributed by atoms with Crippen molar-refractivity contribution in [2.75, 3.05) is 7.11 Å². The first-order chi connectivity index (χ1) is 29.3. The van der Waals surface area contributed by atoms with Crippen LogP contribution in [0.3, 0.4) is 0 Å². The number of hydrogen-bond donors (Lipinski definition) is 3. The predicted octanol–water partition coefficient (Wildman–Crippen LogP) is 6.34. The Balaban J connectivity index is 0.000000221. The molecule has 0 aliphatic carbocycles. The molecule has 0 amide bonds. The van der Waals surface area contributed by atoms with Crippen molar-refractivity contribution in [1.29, 1.82) is 0 Å². The number of esters is 3. The molecule has 0 saturated carbocycles. The van der Waals surface area contributed by atoms with Crippen molar-refractivity contribution >= 4 is 76.0 Å². The second-order valence-corrected chi connectivity index (χ2v) is 16.4. The van der Waals surface area contributed by atoms with E-state index in [1.165, 1.54) is 76.8 Å². The van der Waals surface area contributed by atoms with Crippen LogP contribution in [0.1, 0.15) is 85.0 Å². The lowest BCUT2D eigenvalue weighted by Gasteiger charge is -2.17. The van der Waals surface area contributed by atoms with Crippen LogP contribution in [0.25, 0.3) is 34.7 Å². The zero-order valence-corrected chi connectivity index (χ0v) is 37.3. The number of hydrogen-bond acceptors (Lipinski definition) is 13. The molecular formula is C43H44BBrF2N6O10. The van der Waals surface area contributed by atoms with Crippen LogP contribution in [0.15, 0.2) is 77.3 Å². The highest BCUT2D eigenvalue weighted by Crippen LogP contribution is 2.25. The molecule has 20 heteroatoms. The fraction of sp³-hybridized carbons (Fsp3) is 0.256. The van der Waals surface area contributed by atoms with Gasteiger partial charge < -0.3 is 29.4 Å². The van der Waals surface area contributed by atoms with E-state index in [0.717, 1.165) is 0 Å². The molecule has 4 heterocycles. The molecule has 4 aromatic heterocycles. The van der Waals surface area contributed by atoms with Crippen molar-refractivity contribution in [2.45, 2.75) is 66.6 Å². The Hall–Kier alpha value is -6.64. The molecule has 330 valence electrons. The van der Waals surface area contributed by atoms with E-state index in [2.05, 4.69) is 40.8 Å². The van der Waals surface area contributed by atoms with E-state index in [1.54, 1.807) is 79.7 Å².